The molecule has 2 aromatic rings. The molecule has 1 aliphatic rings. The van der Waals surface area contributed by atoms with Gasteiger partial charge >= 0.3 is 0 Å². The van der Waals surface area contributed by atoms with E-state index in [2.05, 4.69) is 15.6 Å². The smallest absolute Gasteiger partial charge is 0.244 e. The van der Waals surface area contributed by atoms with E-state index < -0.39 is 0 Å². The average Bonchev–Trinajstić information content (AvgIpc) is 2.79. The fraction of sp³-hybridized carbons (Fsp3) is 0.391. The van der Waals surface area contributed by atoms with Crippen LogP contribution in [0.25, 0.3) is 6.08 Å². The van der Waals surface area contributed by atoms with E-state index in [0.717, 1.165) is 31.2 Å². The zero-order valence-electron chi connectivity index (χ0n) is 18.2. The number of rotatable bonds is 8. The zero-order valence-corrected chi connectivity index (χ0v) is 18.2. The van der Waals surface area contributed by atoms with Gasteiger partial charge in [0, 0.05) is 47.7 Å². The van der Waals surface area contributed by atoms with Crippen molar-refractivity contribution in [1.29, 1.82) is 0 Å². The molecule has 3 rings (SSSR count). The van der Waals surface area contributed by atoms with Gasteiger partial charge < -0.3 is 30.6 Å². The molecule has 0 spiro atoms. The molecular formula is C23H30N4O4. The van der Waals surface area contributed by atoms with Gasteiger partial charge in [0.25, 0.3) is 0 Å². The second-order valence-electron chi connectivity index (χ2n) is 7.38. The Hall–Kier alpha value is -3.26. The number of hydrogen-bond acceptors (Lipinski definition) is 7. The molecule has 166 valence electrons. The van der Waals surface area contributed by atoms with E-state index in [1.54, 1.807) is 45.7 Å². The van der Waals surface area contributed by atoms with Gasteiger partial charge in [-0.05, 0) is 31.1 Å². The van der Waals surface area contributed by atoms with E-state index in [0.29, 0.717) is 28.8 Å². The molecule has 1 amide bonds. The summed E-state index contributed by atoms with van der Waals surface area (Å²) >= 11 is 0. The Bertz CT molecular complexity index is 907. The summed E-state index contributed by atoms with van der Waals surface area (Å²) in [6.07, 6.45) is 9.00. The Morgan fingerprint density at radius 3 is 2.48 bits per heavy atom. The van der Waals surface area contributed by atoms with Crippen molar-refractivity contribution in [2.75, 3.05) is 26.6 Å². The fourth-order valence-electron chi connectivity index (χ4n) is 3.68. The topological polar surface area (TPSA) is 108 Å². The Kier molecular flexibility index (Phi) is 7.72. The first-order chi connectivity index (χ1) is 15.0. The number of anilines is 2. The van der Waals surface area contributed by atoms with Gasteiger partial charge in [-0.2, -0.15) is 0 Å². The first kappa shape index (κ1) is 22.4. The van der Waals surface area contributed by atoms with Gasteiger partial charge in [-0.25, -0.2) is 4.98 Å². The molecule has 1 fully saturated rings. The highest BCUT2D eigenvalue weighted by atomic mass is 16.5. The maximum atomic E-state index is 12.4. The van der Waals surface area contributed by atoms with Crippen molar-refractivity contribution in [1.82, 2.24) is 10.3 Å². The molecule has 0 saturated heterocycles. The number of carbonyl (C=O) groups is 1. The van der Waals surface area contributed by atoms with Crippen LogP contribution in [-0.2, 0) is 4.79 Å². The summed E-state index contributed by atoms with van der Waals surface area (Å²) in [5, 5.41) is 6.27. The van der Waals surface area contributed by atoms with Gasteiger partial charge in [-0.3, -0.25) is 4.79 Å². The maximum Gasteiger partial charge on any atom is 0.244 e. The lowest BCUT2D eigenvalue weighted by atomic mass is 9.91. The van der Waals surface area contributed by atoms with Gasteiger partial charge in [0.2, 0.25) is 11.7 Å². The van der Waals surface area contributed by atoms with Gasteiger partial charge in [-0.15, -0.1) is 0 Å². The largest absolute Gasteiger partial charge is 0.493 e. The molecule has 8 nitrogen and oxygen atoms in total. The van der Waals surface area contributed by atoms with Crippen LogP contribution in [0.3, 0.4) is 0 Å². The molecule has 0 aliphatic heterocycles. The van der Waals surface area contributed by atoms with Crippen molar-refractivity contribution in [3.8, 4) is 17.2 Å². The van der Waals surface area contributed by atoms with E-state index in [1.807, 2.05) is 12.1 Å². The molecular weight excluding hydrogens is 396 g/mol. The van der Waals surface area contributed by atoms with E-state index in [4.69, 9.17) is 19.9 Å². The van der Waals surface area contributed by atoms with Crippen LogP contribution in [0.15, 0.2) is 36.5 Å². The monoisotopic (exact) mass is 426 g/mol. The highest BCUT2D eigenvalue weighted by Gasteiger charge is 2.22. The van der Waals surface area contributed by atoms with Crippen molar-refractivity contribution in [3.63, 3.8) is 0 Å². The van der Waals surface area contributed by atoms with Crippen LogP contribution in [0.5, 0.6) is 17.2 Å². The fourth-order valence-corrected chi connectivity index (χ4v) is 3.68. The number of nitrogens with one attached hydrogen (secondary N) is 2. The molecule has 8 heteroatoms. The number of ether oxygens (including phenoxy) is 3. The second kappa shape index (κ2) is 10.7. The van der Waals surface area contributed by atoms with Gasteiger partial charge in [-0.1, -0.05) is 12.8 Å². The number of benzene rings is 1. The number of hydrogen-bond donors (Lipinski definition) is 3. The lowest BCUT2D eigenvalue weighted by molar-refractivity contribution is -0.117. The van der Waals surface area contributed by atoms with Crippen LogP contribution >= 0.6 is 0 Å². The van der Waals surface area contributed by atoms with Crippen molar-refractivity contribution < 1.29 is 19.0 Å². The quantitative estimate of drug-likeness (QED) is 0.556. The highest BCUT2D eigenvalue weighted by molar-refractivity contribution is 5.93. The van der Waals surface area contributed by atoms with Crippen molar-refractivity contribution in [2.24, 2.45) is 5.73 Å². The first-order valence-corrected chi connectivity index (χ1v) is 10.3. The number of nitrogens with two attached hydrogens (primary N) is 1. The SMILES string of the molecule is COc1cc(Nc2ncccc2/C=C/C(=O)NC2CCCCC2N)cc(OC)c1OC. The second-order valence-corrected chi connectivity index (χ2v) is 7.38. The molecule has 1 aromatic heterocycles. The van der Waals surface area contributed by atoms with Gasteiger partial charge in [0.05, 0.1) is 21.3 Å². The van der Waals surface area contributed by atoms with Crippen LogP contribution in [0, 0.1) is 0 Å². The summed E-state index contributed by atoms with van der Waals surface area (Å²) in [6.45, 7) is 0. The zero-order chi connectivity index (χ0) is 22.2. The Balaban J connectivity index is 1.76. The molecule has 0 radical (unpaired) electrons. The third-order valence-electron chi connectivity index (χ3n) is 5.33. The lowest BCUT2D eigenvalue weighted by Crippen LogP contribution is -2.48. The van der Waals surface area contributed by atoms with Gasteiger partial charge in [0.1, 0.15) is 5.82 Å². The molecule has 31 heavy (non-hydrogen) atoms. The Morgan fingerprint density at radius 1 is 1.13 bits per heavy atom. The molecule has 1 heterocycles. The maximum absolute atomic E-state index is 12.4. The minimum Gasteiger partial charge on any atom is -0.493 e. The third-order valence-corrected chi connectivity index (χ3v) is 5.33. The summed E-state index contributed by atoms with van der Waals surface area (Å²) < 4.78 is 16.2. The molecule has 1 aromatic carbocycles. The summed E-state index contributed by atoms with van der Waals surface area (Å²) in [4.78, 5) is 16.8. The van der Waals surface area contributed by atoms with E-state index in [9.17, 15) is 4.79 Å². The van der Waals surface area contributed by atoms with Crippen molar-refractivity contribution >= 4 is 23.5 Å². The predicted molar refractivity (Wildman–Crippen MR) is 121 cm³/mol. The van der Waals surface area contributed by atoms with Crippen molar-refractivity contribution in [2.45, 2.75) is 37.8 Å². The summed E-state index contributed by atoms with van der Waals surface area (Å²) in [6, 6.07) is 7.32. The minimum atomic E-state index is -0.162. The van der Waals surface area contributed by atoms with E-state index in [1.165, 1.54) is 6.08 Å². The van der Waals surface area contributed by atoms with Crippen LogP contribution in [0.4, 0.5) is 11.5 Å². The molecule has 2 atom stereocenters. The molecule has 1 aliphatic carbocycles. The van der Waals surface area contributed by atoms with Crippen LogP contribution in [0.1, 0.15) is 31.2 Å². The molecule has 4 N–H and O–H groups in total. The number of nitrogens with zero attached hydrogens (tertiary/aromatic N) is 1. The van der Waals surface area contributed by atoms with E-state index in [-0.39, 0.29) is 18.0 Å². The first-order valence-electron chi connectivity index (χ1n) is 10.3. The predicted octanol–water partition coefficient (Wildman–Crippen LogP) is 3.25. The Labute approximate surface area is 182 Å². The number of pyridine rings is 1. The summed E-state index contributed by atoms with van der Waals surface area (Å²) in [7, 11) is 4.68. The summed E-state index contributed by atoms with van der Waals surface area (Å²) in [5.74, 6) is 2.00. The number of aromatic nitrogens is 1. The van der Waals surface area contributed by atoms with Crippen LogP contribution < -0.4 is 30.6 Å². The number of carbonyl (C=O) groups excluding carboxylic acids is 1. The third kappa shape index (κ3) is 5.67. The standard InChI is InChI=1S/C23H30N4O4/c1-29-19-13-16(14-20(30-2)22(19)31-3)26-23-15(7-6-12-25-23)10-11-21(28)27-18-9-5-4-8-17(18)24/h6-7,10-14,17-18H,4-5,8-9,24H2,1-3H3,(H,25,26)(H,27,28)/b11-10+. The van der Waals surface area contributed by atoms with Gasteiger partial charge in [0.15, 0.2) is 11.5 Å². The van der Waals surface area contributed by atoms with E-state index >= 15 is 0 Å². The number of methoxy groups -OCH3 is 3. The molecule has 0 bridgehead atoms. The minimum absolute atomic E-state index is 0.0155. The van der Waals surface area contributed by atoms with Crippen LogP contribution in [-0.4, -0.2) is 44.3 Å². The average molecular weight is 427 g/mol. The Morgan fingerprint density at radius 2 is 1.84 bits per heavy atom. The van der Waals surface area contributed by atoms with Crippen molar-refractivity contribution in [3.05, 3.63) is 42.1 Å². The summed E-state index contributed by atoms with van der Waals surface area (Å²) in [5.41, 5.74) is 7.60. The highest BCUT2D eigenvalue weighted by Crippen LogP contribution is 2.40. The number of amides is 1. The normalized spacial score (nSPS) is 18.5. The molecule has 2 unspecified atom stereocenters. The lowest BCUT2D eigenvalue weighted by Gasteiger charge is -2.28. The van der Waals surface area contributed by atoms with Crippen LogP contribution in [0.2, 0.25) is 0 Å². The molecule has 1 saturated carbocycles.